The Hall–Kier alpha value is -1.95. The summed E-state index contributed by atoms with van der Waals surface area (Å²) in [5, 5.41) is 16.3. The fourth-order valence-corrected chi connectivity index (χ4v) is 5.01. The number of piperidine rings is 1. The average molecular weight is 480 g/mol. The number of halogens is 1. The summed E-state index contributed by atoms with van der Waals surface area (Å²) in [5.74, 6) is 5.61. The van der Waals surface area contributed by atoms with Gasteiger partial charge < -0.3 is 15.3 Å². The Labute approximate surface area is 200 Å². The number of hydrogen-bond donors (Lipinski definition) is 3. The van der Waals surface area contributed by atoms with Gasteiger partial charge in [0.05, 0.1) is 23.4 Å². The Balaban J connectivity index is 1.96. The molecule has 1 aliphatic heterocycles. The van der Waals surface area contributed by atoms with Crippen LogP contribution in [0.4, 0.5) is 9.18 Å². The molecule has 3 atom stereocenters. The maximum Gasteiger partial charge on any atom is 0.317 e. The summed E-state index contributed by atoms with van der Waals surface area (Å²) in [6, 6.07) is 4.23. The van der Waals surface area contributed by atoms with Gasteiger partial charge in [-0.15, -0.1) is 5.92 Å². The second-order valence-corrected chi connectivity index (χ2v) is 11.2. The van der Waals surface area contributed by atoms with E-state index in [9.17, 15) is 18.5 Å². The lowest BCUT2D eigenvalue weighted by Gasteiger charge is -2.34. The van der Waals surface area contributed by atoms with Gasteiger partial charge in [-0.25, -0.2) is 9.18 Å². The maximum absolute atomic E-state index is 14.8. The van der Waals surface area contributed by atoms with Crippen LogP contribution in [0, 0.1) is 23.6 Å². The zero-order valence-electron chi connectivity index (χ0n) is 20.4. The minimum Gasteiger partial charge on any atom is -0.376 e. The van der Waals surface area contributed by atoms with Crippen LogP contribution in [-0.4, -0.2) is 57.4 Å². The molecule has 0 radical (unpaired) electrons. The van der Waals surface area contributed by atoms with Crippen LogP contribution in [0.3, 0.4) is 0 Å². The van der Waals surface area contributed by atoms with Gasteiger partial charge in [0.1, 0.15) is 12.0 Å². The zero-order valence-corrected chi connectivity index (χ0v) is 21.2. The van der Waals surface area contributed by atoms with Gasteiger partial charge in [-0.2, -0.15) is 0 Å². The number of nitrogens with zero attached hydrogens (tertiary/aromatic N) is 1. The summed E-state index contributed by atoms with van der Waals surface area (Å²) in [5.41, 5.74) is 0.619. The molecule has 33 heavy (non-hydrogen) atoms. The van der Waals surface area contributed by atoms with Crippen molar-refractivity contribution in [3.8, 4) is 11.8 Å². The highest BCUT2D eigenvalue weighted by molar-refractivity contribution is 7.85. The number of carbonyl (C=O) groups excluding carboxylic acids is 1. The van der Waals surface area contributed by atoms with E-state index in [1.165, 1.54) is 6.07 Å². The van der Waals surface area contributed by atoms with Gasteiger partial charge in [0, 0.05) is 23.2 Å². The maximum atomic E-state index is 14.8. The molecule has 0 aliphatic carbocycles. The third-order valence-corrected chi connectivity index (χ3v) is 7.42. The van der Waals surface area contributed by atoms with Gasteiger partial charge >= 0.3 is 6.03 Å². The third kappa shape index (κ3) is 8.09. The minimum absolute atomic E-state index is 0.0157. The zero-order chi connectivity index (χ0) is 24.5. The molecule has 1 saturated heterocycles. The van der Waals surface area contributed by atoms with E-state index in [1.54, 1.807) is 24.0 Å². The van der Waals surface area contributed by atoms with Crippen LogP contribution in [-0.2, 0) is 10.8 Å². The second-order valence-electron chi connectivity index (χ2n) is 9.23. The first-order valence-electron chi connectivity index (χ1n) is 11.7. The molecule has 1 aliphatic rings. The molecule has 2 amide bonds. The number of carbonyl (C=O) groups is 1. The second kappa shape index (κ2) is 13.1. The predicted octanol–water partition coefficient (Wildman–Crippen LogP) is 3.58. The Morgan fingerprint density at radius 3 is 2.48 bits per heavy atom. The van der Waals surface area contributed by atoms with Crippen molar-refractivity contribution in [2.75, 3.05) is 19.6 Å². The van der Waals surface area contributed by atoms with E-state index in [0.717, 1.165) is 0 Å². The van der Waals surface area contributed by atoms with E-state index in [4.69, 9.17) is 0 Å². The Kier molecular flexibility index (Phi) is 10.8. The normalized spacial score (nSPS) is 17.4. The van der Waals surface area contributed by atoms with Gasteiger partial charge in [-0.1, -0.05) is 39.7 Å². The Bertz CT molecular complexity index is 873. The number of likely N-dealkylation sites (tertiary alicyclic amines) is 1. The molecule has 0 bridgehead atoms. The van der Waals surface area contributed by atoms with Crippen molar-refractivity contribution in [3.05, 3.63) is 29.6 Å². The summed E-state index contributed by atoms with van der Waals surface area (Å²) in [6.07, 6.45) is 1.04. The highest BCUT2D eigenvalue weighted by atomic mass is 32.2. The quantitative estimate of drug-likeness (QED) is 0.374. The van der Waals surface area contributed by atoms with Crippen molar-refractivity contribution in [1.29, 1.82) is 0 Å². The fourth-order valence-electron chi connectivity index (χ4n) is 4.04. The van der Waals surface area contributed by atoms with Gasteiger partial charge in [-0.3, -0.25) is 9.53 Å². The highest BCUT2D eigenvalue weighted by Gasteiger charge is 2.29. The van der Waals surface area contributed by atoms with Crippen LogP contribution in [0.5, 0.6) is 0 Å². The van der Waals surface area contributed by atoms with Crippen LogP contribution in [0.25, 0.3) is 0 Å². The lowest BCUT2D eigenvalue weighted by molar-refractivity contribution is 0.0859. The predicted molar refractivity (Wildman–Crippen MR) is 131 cm³/mol. The average Bonchev–Trinajstić information content (AvgIpc) is 2.77. The van der Waals surface area contributed by atoms with Crippen LogP contribution >= 0.6 is 0 Å². The van der Waals surface area contributed by atoms with Crippen LogP contribution in [0.2, 0.25) is 0 Å². The van der Waals surface area contributed by atoms with E-state index < -0.39 is 23.1 Å². The molecular formula is C25H38FN3O3S. The fraction of sp³-hybridized carbons (Fsp3) is 0.640. The molecule has 1 fully saturated rings. The van der Waals surface area contributed by atoms with Crippen molar-refractivity contribution in [1.82, 2.24) is 15.5 Å². The molecule has 3 unspecified atom stereocenters. The standard InChI is InChI=1S/C25H38FN3O3S/c1-6-7-12-27-24(30)23(15-17(2)3)28-25(31)29-13-10-19(11-14-29)21-9-8-20(16-22(21)26)33(32)18(4)5/h8-9,16-19,23-24,27,30H,10-15H2,1-5H3,(H,28,31). The lowest BCUT2D eigenvalue weighted by atomic mass is 9.89. The SMILES string of the molecule is CC#CCNC(O)C(CC(C)C)NC(=O)N1CCC(c2ccc(S(=O)C(C)C)cc2F)CC1. The number of aliphatic hydroxyl groups excluding tert-OH is 1. The van der Waals surface area contributed by atoms with E-state index in [0.29, 0.717) is 55.3 Å². The molecule has 6 nitrogen and oxygen atoms in total. The smallest absolute Gasteiger partial charge is 0.317 e. The number of urea groups is 1. The molecule has 0 spiro atoms. The topological polar surface area (TPSA) is 81.7 Å². The van der Waals surface area contributed by atoms with Crippen molar-refractivity contribution in [3.63, 3.8) is 0 Å². The number of nitrogens with one attached hydrogen (secondary N) is 2. The van der Waals surface area contributed by atoms with Crippen LogP contribution < -0.4 is 10.6 Å². The summed E-state index contributed by atoms with van der Waals surface area (Å²) in [6.45, 7) is 10.9. The highest BCUT2D eigenvalue weighted by Crippen LogP contribution is 2.31. The third-order valence-electron chi connectivity index (χ3n) is 5.85. The van der Waals surface area contributed by atoms with Crippen molar-refractivity contribution >= 4 is 16.8 Å². The van der Waals surface area contributed by atoms with Crippen LogP contribution in [0.1, 0.15) is 65.4 Å². The van der Waals surface area contributed by atoms with Gasteiger partial charge in [0.2, 0.25) is 0 Å². The monoisotopic (exact) mass is 479 g/mol. The van der Waals surface area contributed by atoms with E-state index in [1.807, 2.05) is 27.7 Å². The van der Waals surface area contributed by atoms with E-state index in [2.05, 4.69) is 22.5 Å². The number of hydrogen-bond acceptors (Lipinski definition) is 4. The summed E-state index contributed by atoms with van der Waals surface area (Å²) >= 11 is 0. The Morgan fingerprint density at radius 1 is 1.27 bits per heavy atom. The first-order chi connectivity index (χ1) is 15.6. The molecule has 2 rings (SSSR count). The van der Waals surface area contributed by atoms with Gasteiger partial charge in [0.15, 0.2) is 0 Å². The first-order valence-corrected chi connectivity index (χ1v) is 12.9. The van der Waals surface area contributed by atoms with Gasteiger partial charge in [-0.05, 0) is 55.7 Å². The summed E-state index contributed by atoms with van der Waals surface area (Å²) in [4.78, 5) is 15.1. The van der Waals surface area contributed by atoms with Crippen molar-refractivity contribution in [2.45, 2.75) is 82.2 Å². The molecule has 8 heteroatoms. The van der Waals surface area contributed by atoms with Crippen molar-refractivity contribution < 1.29 is 18.5 Å². The molecule has 1 aromatic carbocycles. The van der Waals surface area contributed by atoms with Crippen molar-refractivity contribution in [2.24, 2.45) is 5.92 Å². The number of aliphatic hydroxyl groups is 1. The number of benzene rings is 1. The molecule has 0 saturated carbocycles. The molecule has 3 N–H and O–H groups in total. The minimum atomic E-state index is -1.22. The first kappa shape index (κ1) is 27.3. The largest absolute Gasteiger partial charge is 0.376 e. The summed E-state index contributed by atoms with van der Waals surface area (Å²) < 4.78 is 27.0. The molecule has 0 aromatic heterocycles. The summed E-state index contributed by atoms with van der Waals surface area (Å²) in [7, 11) is -1.22. The molecular weight excluding hydrogens is 441 g/mol. The number of rotatable bonds is 9. The van der Waals surface area contributed by atoms with Crippen LogP contribution in [0.15, 0.2) is 23.1 Å². The number of amides is 2. The molecule has 1 heterocycles. The molecule has 1 aromatic rings. The van der Waals surface area contributed by atoms with E-state index in [-0.39, 0.29) is 23.0 Å². The van der Waals surface area contributed by atoms with Gasteiger partial charge in [0.25, 0.3) is 0 Å². The van der Waals surface area contributed by atoms with E-state index >= 15 is 0 Å². The lowest BCUT2D eigenvalue weighted by Crippen LogP contribution is -2.55. The molecule has 184 valence electrons. The Morgan fingerprint density at radius 2 is 1.94 bits per heavy atom.